The third-order valence-electron chi connectivity index (χ3n) is 2.27. The number of hydrogen-bond acceptors (Lipinski definition) is 3. The Bertz CT molecular complexity index is 282. The minimum absolute atomic E-state index is 0.361. The van der Waals surface area contributed by atoms with Crippen LogP contribution >= 0.6 is 23.5 Å². The van der Waals surface area contributed by atoms with Gasteiger partial charge in [0.15, 0.2) is 0 Å². The van der Waals surface area contributed by atoms with E-state index >= 15 is 0 Å². The molecule has 1 nitrogen and oxygen atoms in total. The van der Waals surface area contributed by atoms with Crippen molar-refractivity contribution in [2.45, 2.75) is 31.3 Å². The molecular weight excluding hydrogens is 236 g/mol. The lowest BCUT2D eigenvalue weighted by molar-refractivity contribution is 0.199. The average Bonchev–Trinajstić information content (AvgIpc) is 2.29. The first-order chi connectivity index (χ1) is 7.74. The first-order valence-corrected chi connectivity index (χ1v) is 7.86. The molecule has 1 rings (SSSR count). The van der Waals surface area contributed by atoms with Gasteiger partial charge in [-0.05, 0) is 48.3 Å². The summed E-state index contributed by atoms with van der Waals surface area (Å²) < 4.78 is 0. The Morgan fingerprint density at radius 3 is 2.44 bits per heavy atom. The molecule has 1 unspecified atom stereocenters. The number of hydrogen-bond donors (Lipinski definition) is 1. The first kappa shape index (κ1) is 13.9. The van der Waals surface area contributed by atoms with Gasteiger partial charge in [0.05, 0.1) is 6.10 Å². The van der Waals surface area contributed by atoms with E-state index in [1.54, 1.807) is 6.92 Å². The molecule has 0 saturated heterocycles. The molecule has 0 aromatic heterocycles. The van der Waals surface area contributed by atoms with Crippen LogP contribution in [0.5, 0.6) is 0 Å². The molecule has 1 N–H and O–H groups in total. The van der Waals surface area contributed by atoms with Crippen LogP contribution in [0.2, 0.25) is 0 Å². The van der Waals surface area contributed by atoms with Crippen molar-refractivity contribution in [2.75, 3.05) is 17.3 Å². The highest BCUT2D eigenvalue weighted by atomic mass is 32.2. The number of rotatable bonds is 7. The smallest absolute Gasteiger partial charge is 0.0761 e. The van der Waals surface area contributed by atoms with E-state index in [4.69, 9.17) is 0 Å². The average molecular weight is 256 g/mol. The molecule has 0 bridgehead atoms. The molecule has 0 radical (unpaired) electrons. The van der Waals surface area contributed by atoms with Crippen molar-refractivity contribution >= 4 is 23.5 Å². The third kappa shape index (κ3) is 5.28. The van der Waals surface area contributed by atoms with E-state index in [1.807, 2.05) is 35.7 Å². The molecule has 0 amide bonds. The fourth-order valence-electron chi connectivity index (χ4n) is 1.34. The molecule has 1 aromatic carbocycles. The van der Waals surface area contributed by atoms with Gasteiger partial charge in [0, 0.05) is 4.90 Å². The highest BCUT2D eigenvalue weighted by molar-refractivity contribution is 8.00. The van der Waals surface area contributed by atoms with E-state index in [2.05, 4.69) is 19.1 Å². The van der Waals surface area contributed by atoms with Crippen LogP contribution in [0.3, 0.4) is 0 Å². The number of thioether (sulfide) groups is 2. The van der Waals surface area contributed by atoms with E-state index in [0.29, 0.717) is 0 Å². The van der Waals surface area contributed by atoms with Crippen molar-refractivity contribution in [1.29, 1.82) is 0 Å². The zero-order valence-corrected chi connectivity index (χ0v) is 11.6. The summed E-state index contributed by atoms with van der Waals surface area (Å²) in [6.07, 6.45) is 0.904. The van der Waals surface area contributed by atoms with Crippen molar-refractivity contribution in [1.82, 2.24) is 0 Å². The van der Waals surface area contributed by atoms with E-state index in [-0.39, 0.29) is 6.10 Å². The molecule has 0 fully saturated rings. The predicted octanol–water partition coefficient (Wildman–Crippen LogP) is 3.98. The molecule has 1 aromatic rings. The van der Waals surface area contributed by atoms with Gasteiger partial charge >= 0.3 is 0 Å². The van der Waals surface area contributed by atoms with Crippen LogP contribution in [-0.4, -0.2) is 22.4 Å². The van der Waals surface area contributed by atoms with Crippen LogP contribution in [0.15, 0.2) is 29.2 Å². The van der Waals surface area contributed by atoms with Crippen molar-refractivity contribution in [3.8, 4) is 0 Å². The molecule has 90 valence electrons. The number of benzene rings is 1. The highest BCUT2D eigenvalue weighted by Crippen LogP contribution is 2.22. The maximum atomic E-state index is 9.38. The zero-order valence-electron chi connectivity index (χ0n) is 9.98. The van der Waals surface area contributed by atoms with Gasteiger partial charge in [0.25, 0.3) is 0 Å². The summed E-state index contributed by atoms with van der Waals surface area (Å²) in [7, 11) is 0. The summed E-state index contributed by atoms with van der Waals surface area (Å²) in [6.45, 7) is 4.00. The Labute approximate surface area is 107 Å². The molecule has 0 aliphatic carbocycles. The number of aliphatic hydroxyl groups excluding tert-OH is 1. The van der Waals surface area contributed by atoms with E-state index in [9.17, 15) is 5.11 Å². The standard InChI is InChI=1S/C13H20OS2/c1-3-15-9-4-10-16-13-7-5-12(6-8-13)11(2)14/h5-8,11,14H,3-4,9-10H2,1-2H3. The summed E-state index contributed by atoms with van der Waals surface area (Å²) in [5, 5.41) is 9.38. The summed E-state index contributed by atoms with van der Waals surface area (Å²) in [5.74, 6) is 3.66. The monoisotopic (exact) mass is 256 g/mol. The number of aliphatic hydroxyl groups is 1. The fraction of sp³-hybridized carbons (Fsp3) is 0.538. The van der Waals surface area contributed by atoms with Gasteiger partial charge in [-0.25, -0.2) is 0 Å². The Morgan fingerprint density at radius 2 is 1.88 bits per heavy atom. The first-order valence-electron chi connectivity index (χ1n) is 5.72. The Morgan fingerprint density at radius 1 is 1.19 bits per heavy atom. The zero-order chi connectivity index (χ0) is 11.8. The van der Waals surface area contributed by atoms with Gasteiger partial charge < -0.3 is 5.11 Å². The minimum Gasteiger partial charge on any atom is -0.389 e. The van der Waals surface area contributed by atoms with Crippen molar-refractivity contribution in [3.63, 3.8) is 0 Å². The molecule has 0 aliphatic heterocycles. The summed E-state index contributed by atoms with van der Waals surface area (Å²) in [4.78, 5) is 1.30. The molecular formula is C13H20OS2. The normalized spacial score (nSPS) is 12.7. The molecule has 0 aliphatic rings. The molecule has 16 heavy (non-hydrogen) atoms. The Balaban J connectivity index is 2.27. The van der Waals surface area contributed by atoms with Crippen molar-refractivity contribution < 1.29 is 5.11 Å². The van der Waals surface area contributed by atoms with Crippen LogP contribution in [0, 0.1) is 0 Å². The predicted molar refractivity (Wildman–Crippen MR) is 75.4 cm³/mol. The van der Waals surface area contributed by atoms with Crippen LogP contribution in [0.4, 0.5) is 0 Å². The second kappa shape index (κ2) is 8.04. The summed E-state index contributed by atoms with van der Waals surface area (Å²) in [6, 6.07) is 8.21. The van der Waals surface area contributed by atoms with Crippen molar-refractivity contribution in [2.24, 2.45) is 0 Å². The minimum atomic E-state index is -0.361. The highest BCUT2D eigenvalue weighted by Gasteiger charge is 2.00. The van der Waals surface area contributed by atoms with E-state index in [0.717, 1.165) is 5.56 Å². The fourth-order valence-corrected chi connectivity index (χ4v) is 3.01. The maximum Gasteiger partial charge on any atom is 0.0761 e. The summed E-state index contributed by atoms with van der Waals surface area (Å²) >= 11 is 3.90. The molecule has 0 spiro atoms. The SMILES string of the molecule is CCSCCCSc1ccc(C(C)O)cc1. The van der Waals surface area contributed by atoms with E-state index < -0.39 is 0 Å². The second-order valence-corrected chi connectivity index (χ2v) is 6.21. The van der Waals surface area contributed by atoms with Gasteiger partial charge in [-0.1, -0.05) is 19.1 Å². The van der Waals surface area contributed by atoms with Crippen LogP contribution in [0.1, 0.15) is 31.9 Å². The lowest BCUT2D eigenvalue weighted by Gasteiger charge is -2.06. The lowest BCUT2D eigenvalue weighted by Crippen LogP contribution is -1.90. The van der Waals surface area contributed by atoms with Gasteiger partial charge in [-0.2, -0.15) is 11.8 Å². The Kier molecular flexibility index (Phi) is 7.01. The van der Waals surface area contributed by atoms with Crippen LogP contribution in [0.25, 0.3) is 0 Å². The second-order valence-electron chi connectivity index (χ2n) is 3.64. The largest absolute Gasteiger partial charge is 0.389 e. The van der Waals surface area contributed by atoms with Gasteiger partial charge in [-0.3, -0.25) is 0 Å². The van der Waals surface area contributed by atoms with Crippen molar-refractivity contribution in [3.05, 3.63) is 29.8 Å². The van der Waals surface area contributed by atoms with Gasteiger partial charge in [-0.15, -0.1) is 11.8 Å². The van der Waals surface area contributed by atoms with Gasteiger partial charge in [0.1, 0.15) is 0 Å². The van der Waals surface area contributed by atoms with E-state index in [1.165, 1.54) is 28.6 Å². The lowest BCUT2D eigenvalue weighted by atomic mass is 10.1. The van der Waals surface area contributed by atoms with Crippen LogP contribution < -0.4 is 0 Å². The molecule has 0 heterocycles. The summed E-state index contributed by atoms with van der Waals surface area (Å²) in [5.41, 5.74) is 0.992. The molecule has 1 atom stereocenters. The maximum absolute atomic E-state index is 9.38. The molecule has 3 heteroatoms. The Hall–Kier alpha value is -0.120. The topological polar surface area (TPSA) is 20.2 Å². The van der Waals surface area contributed by atoms with Crippen LogP contribution in [-0.2, 0) is 0 Å². The quantitative estimate of drug-likeness (QED) is 0.589. The van der Waals surface area contributed by atoms with Gasteiger partial charge in [0.2, 0.25) is 0 Å². The third-order valence-corrected chi connectivity index (χ3v) is 4.35. The molecule has 0 saturated carbocycles.